The fourth-order valence-electron chi connectivity index (χ4n) is 1.52. The van der Waals surface area contributed by atoms with Crippen LogP contribution >= 0.6 is 11.8 Å². The molecule has 1 unspecified atom stereocenters. The lowest BCUT2D eigenvalue weighted by atomic mass is 10.2. The van der Waals surface area contributed by atoms with E-state index in [9.17, 15) is 4.79 Å². The Morgan fingerprint density at radius 1 is 1.58 bits per heavy atom. The highest BCUT2D eigenvalue weighted by molar-refractivity contribution is 7.99. The van der Waals surface area contributed by atoms with E-state index in [-0.39, 0.29) is 18.4 Å². The van der Waals surface area contributed by atoms with E-state index in [1.807, 2.05) is 30.3 Å². The van der Waals surface area contributed by atoms with Crippen LogP contribution in [0.3, 0.4) is 0 Å². The second-order valence-corrected chi connectivity index (χ2v) is 5.00. The number of ether oxygens (including phenoxy) is 1. The molecule has 3 N–H and O–H groups in total. The predicted molar refractivity (Wildman–Crippen MR) is 80.5 cm³/mol. The van der Waals surface area contributed by atoms with E-state index >= 15 is 0 Å². The average molecular weight is 280 g/mol. The summed E-state index contributed by atoms with van der Waals surface area (Å²) in [4.78, 5) is 12.9. The monoisotopic (exact) mass is 280 g/mol. The molecule has 1 amide bonds. The Labute approximate surface area is 118 Å². The van der Waals surface area contributed by atoms with Crippen molar-refractivity contribution in [3.8, 4) is 0 Å². The molecular weight excluding hydrogens is 260 g/mol. The van der Waals surface area contributed by atoms with Crippen molar-refractivity contribution in [3.05, 3.63) is 36.9 Å². The van der Waals surface area contributed by atoms with Crippen molar-refractivity contribution in [1.82, 2.24) is 0 Å². The van der Waals surface area contributed by atoms with Crippen molar-refractivity contribution >= 4 is 23.4 Å². The summed E-state index contributed by atoms with van der Waals surface area (Å²) >= 11 is 1.63. The molecule has 0 bridgehead atoms. The smallest absolute Gasteiger partial charge is 0.227 e. The molecular formula is C14H20N2O2S. The molecule has 1 aromatic rings. The highest BCUT2D eigenvalue weighted by atomic mass is 32.2. The van der Waals surface area contributed by atoms with Gasteiger partial charge in [0.1, 0.15) is 0 Å². The molecule has 0 spiro atoms. The normalized spacial score (nSPS) is 11.9. The summed E-state index contributed by atoms with van der Waals surface area (Å²) in [7, 11) is 1.55. The van der Waals surface area contributed by atoms with Crippen LogP contribution in [0.5, 0.6) is 0 Å². The van der Waals surface area contributed by atoms with Gasteiger partial charge in [0.05, 0.1) is 18.2 Å². The van der Waals surface area contributed by atoms with E-state index in [2.05, 4.69) is 11.9 Å². The van der Waals surface area contributed by atoms with E-state index in [4.69, 9.17) is 10.5 Å². The third-order valence-electron chi connectivity index (χ3n) is 2.53. The molecule has 0 radical (unpaired) electrons. The van der Waals surface area contributed by atoms with E-state index in [0.717, 1.165) is 16.3 Å². The zero-order valence-corrected chi connectivity index (χ0v) is 11.9. The van der Waals surface area contributed by atoms with Crippen molar-refractivity contribution in [2.75, 3.05) is 24.7 Å². The first-order chi connectivity index (χ1) is 9.21. The van der Waals surface area contributed by atoms with Gasteiger partial charge in [0, 0.05) is 24.3 Å². The molecule has 4 nitrogen and oxygen atoms in total. The number of nitrogens with two attached hydrogens (primary N) is 1. The van der Waals surface area contributed by atoms with Gasteiger partial charge in [-0.15, -0.1) is 18.3 Å². The zero-order chi connectivity index (χ0) is 14.1. The van der Waals surface area contributed by atoms with Crippen LogP contribution in [0.15, 0.2) is 41.8 Å². The number of benzene rings is 1. The van der Waals surface area contributed by atoms with Gasteiger partial charge in [0.2, 0.25) is 5.91 Å². The number of nitrogens with one attached hydrogen (secondary N) is 1. The number of thioether (sulfide) groups is 1. The van der Waals surface area contributed by atoms with Crippen LogP contribution in [0.2, 0.25) is 0 Å². The zero-order valence-electron chi connectivity index (χ0n) is 11.1. The number of rotatable bonds is 8. The van der Waals surface area contributed by atoms with Gasteiger partial charge in [-0.3, -0.25) is 4.79 Å². The van der Waals surface area contributed by atoms with Gasteiger partial charge in [-0.1, -0.05) is 18.2 Å². The van der Waals surface area contributed by atoms with E-state index in [1.54, 1.807) is 18.9 Å². The Balaban J connectivity index is 2.65. The molecule has 0 heterocycles. The van der Waals surface area contributed by atoms with Crippen LogP contribution in [0.25, 0.3) is 0 Å². The summed E-state index contributed by atoms with van der Waals surface area (Å²) in [6.07, 6.45) is 1.85. The van der Waals surface area contributed by atoms with Gasteiger partial charge in [-0.25, -0.2) is 0 Å². The van der Waals surface area contributed by atoms with Gasteiger partial charge in [-0.05, 0) is 12.1 Å². The molecule has 1 atom stereocenters. The van der Waals surface area contributed by atoms with Crippen LogP contribution in [0, 0.1) is 0 Å². The maximum absolute atomic E-state index is 11.9. The first-order valence-electron chi connectivity index (χ1n) is 6.06. The van der Waals surface area contributed by atoms with Gasteiger partial charge in [-0.2, -0.15) is 0 Å². The highest BCUT2D eigenvalue weighted by Crippen LogP contribution is 2.27. The standard InChI is InChI=1S/C14H20N2O2S/c1-3-8-19-13-7-5-4-6-12(13)16-14(17)9-11(10-15)18-2/h3-7,11H,1,8-10,15H2,2H3,(H,16,17). The molecule has 0 saturated heterocycles. The fraction of sp³-hybridized carbons (Fsp3) is 0.357. The molecule has 0 aliphatic carbocycles. The van der Waals surface area contributed by atoms with Gasteiger partial charge < -0.3 is 15.8 Å². The Morgan fingerprint density at radius 2 is 2.32 bits per heavy atom. The second-order valence-electron chi connectivity index (χ2n) is 3.94. The topological polar surface area (TPSA) is 64.4 Å². The first-order valence-corrected chi connectivity index (χ1v) is 7.05. The molecule has 0 aromatic heterocycles. The maximum Gasteiger partial charge on any atom is 0.227 e. The Bertz CT molecular complexity index is 420. The number of anilines is 1. The van der Waals surface area contributed by atoms with Gasteiger partial charge in [0.25, 0.3) is 0 Å². The summed E-state index contributed by atoms with van der Waals surface area (Å²) in [6, 6.07) is 7.69. The summed E-state index contributed by atoms with van der Waals surface area (Å²) in [5.41, 5.74) is 6.31. The molecule has 0 aliphatic heterocycles. The summed E-state index contributed by atoms with van der Waals surface area (Å²) in [5, 5.41) is 2.89. The lowest BCUT2D eigenvalue weighted by Gasteiger charge is -2.14. The Hall–Kier alpha value is -1.30. The lowest BCUT2D eigenvalue weighted by molar-refractivity contribution is -0.118. The number of carbonyl (C=O) groups is 1. The SMILES string of the molecule is C=CCSc1ccccc1NC(=O)CC(CN)OC. The molecule has 19 heavy (non-hydrogen) atoms. The maximum atomic E-state index is 11.9. The van der Waals surface area contributed by atoms with Crippen LogP contribution < -0.4 is 11.1 Å². The number of hydrogen-bond acceptors (Lipinski definition) is 4. The fourth-order valence-corrected chi connectivity index (χ4v) is 2.26. The minimum Gasteiger partial charge on any atom is -0.380 e. The minimum atomic E-state index is -0.243. The molecule has 0 fully saturated rings. The van der Waals surface area contributed by atoms with Crippen molar-refractivity contribution in [2.45, 2.75) is 17.4 Å². The number of methoxy groups -OCH3 is 1. The summed E-state index contributed by atoms with van der Waals surface area (Å²) < 4.78 is 5.10. The largest absolute Gasteiger partial charge is 0.380 e. The van der Waals surface area contributed by atoms with Crippen molar-refractivity contribution < 1.29 is 9.53 Å². The number of hydrogen-bond donors (Lipinski definition) is 2. The first kappa shape index (κ1) is 15.8. The Kier molecular flexibility index (Phi) is 7.25. The van der Waals surface area contributed by atoms with Crippen LogP contribution in [0.1, 0.15) is 6.42 Å². The molecule has 5 heteroatoms. The third-order valence-corrected chi connectivity index (χ3v) is 3.60. The van der Waals surface area contributed by atoms with Gasteiger partial charge >= 0.3 is 0 Å². The van der Waals surface area contributed by atoms with Crippen LogP contribution in [-0.4, -0.2) is 31.4 Å². The van der Waals surface area contributed by atoms with Gasteiger partial charge in [0.15, 0.2) is 0 Å². The number of amides is 1. The Morgan fingerprint density at radius 3 is 2.95 bits per heavy atom. The van der Waals surface area contributed by atoms with E-state index < -0.39 is 0 Å². The number of para-hydroxylation sites is 1. The predicted octanol–water partition coefficient (Wildman–Crippen LogP) is 2.27. The van der Waals surface area contributed by atoms with Crippen molar-refractivity contribution in [3.63, 3.8) is 0 Å². The van der Waals surface area contributed by atoms with Crippen LogP contribution in [0.4, 0.5) is 5.69 Å². The molecule has 0 saturated carbocycles. The molecule has 1 aromatic carbocycles. The molecule has 1 rings (SSSR count). The minimum absolute atomic E-state index is 0.0936. The van der Waals surface area contributed by atoms with Crippen molar-refractivity contribution in [1.29, 1.82) is 0 Å². The highest BCUT2D eigenvalue weighted by Gasteiger charge is 2.12. The summed E-state index contributed by atoms with van der Waals surface area (Å²) in [5.74, 6) is 0.708. The second kappa shape index (κ2) is 8.74. The number of carbonyl (C=O) groups excluding carboxylic acids is 1. The van der Waals surface area contributed by atoms with E-state index in [0.29, 0.717) is 6.54 Å². The summed E-state index contributed by atoms with van der Waals surface area (Å²) in [6.45, 7) is 4.02. The molecule has 104 valence electrons. The van der Waals surface area contributed by atoms with E-state index in [1.165, 1.54) is 0 Å². The van der Waals surface area contributed by atoms with Crippen molar-refractivity contribution in [2.24, 2.45) is 5.73 Å². The quantitative estimate of drug-likeness (QED) is 0.566. The third kappa shape index (κ3) is 5.46. The molecule has 0 aliphatic rings. The lowest BCUT2D eigenvalue weighted by Crippen LogP contribution is -2.28. The van der Waals surface area contributed by atoms with Crippen LogP contribution in [-0.2, 0) is 9.53 Å². The average Bonchev–Trinajstić information content (AvgIpc) is 2.43.